The molecule has 0 aliphatic heterocycles. The topological polar surface area (TPSA) is 46.5 Å². The summed E-state index contributed by atoms with van der Waals surface area (Å²) in [5.74, 6) is -1.99. The van der Waals surface area contributed by atoms with Crippen molar-refractivity contribution in [2.45, 2.75) is 38.5 Å². The SMILES string of the molecule is CCCCCOC(C(=O)O)C(F)(F)F. The van der Waals surface area contributed by atoms with Crippen LogP contribution < -0.4 is 0 Å². The third kappa shape index (κ3) is 5.06. The normalized spacial score (nSPS) is 14.0. The van der Waals surface area contributed by atoms with Gasteiger partial charge in [0.2, 0.25) is 0 Å². The number of carboxylic acids is 1. The van der Waals surface area contributed by atoms with Crippen LogP contribution in [0.15, 0.2) is 0 Å². The first-order chi connectivity index (χ1) is 6.39. The first kappa shape index (κ1) is 13.2. The zero-order valence-corrected chi connectivity index (χ0v) is 7.80. The molecule has 0 saturated carbocycles. The quantitative estimate of drug-likeness (QED) is 0.689. The van der Waals surface area contributed by atoms with Crippen molar-refractivity contribution < 1.29 is 27.8 Å². The lowest BCUT2D eigenvalue weighted by atomic mass is 10.2. The molecule has 3 nitrogen and oxygen atoms in total. The van der Waals surface area contributed by atoms with Gasteiger partial charge in [-0.05, 0) is 6.42 Å². The van der Waals surface area contributed by atoms with Crippen LogP contribution in [0, 0.1) is 0 Å². The van der Waals surface area contributed by atoms with Gasteiger partial charge in [-0.2, -0.15) is 13.2 Å². The summed E-state index contributed by atoms with van der Waals surface area (Å²) < 4.78 is 40.2. The van der Waals surface area contributed by atoms with E-state index in [4.69, 9.17) is 5.11 Å². The molecular formula is C8H13F3O3. The zero-order chi connectivity index (χ0) is 11.2. The van der Waals surface area contributed by atoms with Crippen LogP contribution in [0.5, 0.6) is 0 Å². The summed E-state index contributed by atoms with van der Waals surface area (Å²) in [6.07, 6.45) is -5.52. The predicted molar refractivity (Wildman–Crippen MR) is 43.0 cm³/mol. The van der Waals surface area contributed by atoms with Crippen molar-refractivity contribution >= 4 is 5.97 Å². The number of ether oxygens (including phenoxy) is 1. The van der Waals surface area contributed by atoms with Gasteiger partial charge in [0.1, 0.15) is 0 Å². The molecule has 1 unspecified atom stereocenters. The monoisotopic (exact) mass is 214 g/mol. The Bertz CT molecular complexity index is 179. The van der Waals surface area contributed by atoms with Gasteiger partial charge in [0.05, 0.1) is 0 Å². The van der Waals surface area contributed by atoms with Gasteiger partial charge >= 0.3 is 12.1 Å². The summed E-state index contributed by atoms with van der Waals surface area (Å²) in [7, 11) is 0. The molecule has 84 valence electrons. The second-order valence-electron chi connectivity index (χ2n) is 2.84. The number of rotatable bonds is 6. The fraction of sp³-hybridized carbons (Fsp3) is 0.875. The van der Waals surface area contributed by atoms with E-state index >= 15 is 0 Å². The number of unbranched alkanes of at least 4 members (excludes halogenated alkanes) is 2. The molecule has 0 aliphatic rings. The van der Waals surface area contributed by atoms with Crippen LogP contribution in [0.25, 0.3) is 0 Å². The molecular weight excluding hydrogens is 201 g/mol. The maximum Gasteiger partial charge on any atom is 0.425 e. The minimum atomic E-state index is -4.84. The average Bonchev–Trinajstić information content (AvgIpc) is 2.01. The van der Waals surface area contributed by atoms with Crippen LogP contribution in [0.1, 0.15) is 26.2 Å². The molecule has 0 heterocycles. The average molecular weight is 214 g/mol. The Kier molecular flexibility index (Phi) is 5.52. The molecule has 0 fully saturated rings. The highest BCUT2D eigenvalue weighted by Crippen LogP contribution is 2.23. The van der Waals surface area contributed by atoms with Crippen LogP contribution >= 0.6 is 0 Å². The fourth-order valence-electron chi connectivity index (χ4n) is 0.859. The van der Waals surface area contributed by atoms with E-state index in [0.29, 0.717) is 6.42 Å². The van der Waals surface area contributed by atoms with Crippen molar-refractivity contribution in [1.82, 2.24) is 0 Å². The second kappa shape index (κ2) is 5.85. The summed E-state index contributed by atoms with van der Waals surface area (Å²) in [4.78, 5) is 10.2. The van der Waals surface area contributed by atoms with Crippen LogP contribution in [0.2, 0.25) is 0 Å². The molecule has 0 saturated heterocycles. The maximum atomic E-state index is 12.0. The zero-order valence-electron chi connectivity index (χ0n) is 7.80. The lowest BCUT2D eigenvalue weighted by Crippen LogP contribution is -2.39. The van der Waals surface area contributed by atoms with E-state index < -0.39 is 18.2 Å². The highest BCUT2D eigenvalue weighted by atomic mass is 19.4. The molecule has 1 N–H and O–H groups in total. The maximum absolute atomic E-state index is 12.0. The Morgan fingerprint density at radius 2 is 2.00 bits per heavy atom. The molecule has 1 atom stereocenters. The summed E-state index contributed by atoms with van der Waals surface area (Å²) in [6, 6.07) is 0. The highest BCUT2D eigenvalue weighted by Gasteiger charge is 2.46. The van der Waals surface area contributed by atoms with Gasteiger partial charge in [0, 0.05) is 6.61 Å². The van der Waals surface area contributed by atoms with E-state index in [1.54, 1.807) is 0 Å². The van der Waals surface area contributed by atoms with Crippen molar-refractivity contribution in [3.05, 3.63) is 0 Å². The van der Waals surface area contributed by atoms with Crippen molar-refractivity contribution in [3.8, 4) is 0 Å². The standard InChI is InChI=1S/C8H13F3O3/c1-2-3-4-5-14-6(7(12)13)8(9,10)11/h6H,2-5H2,1H3,(H,12,13). The molecule has 0 rings (SSSR count). The summed E-state index contributed by atoms with van der Waals surface area (Å²) in [5.41, 5.74) is 0. The van der Waals surface area contributed by atoms with Crippen LogP contribution in [0.4, 0.5) is 13.2 Å². The van der Waals surface area contributed by atoms with Gasteiger partial charge in [0.25, 0.3) is 6.10 Å². The van der Waals surface area contributed by atoms with Gasteiger partial charge in [-0.3, -0.25) is 0 Å². The van der Waals surface area contributed by atoms with E-state index in [2.05, 4.69) is 4.74 Å². The van der Waals surface area contributed by atoms with Gasteiger partial charge < -0.3 is 9.84 Å². The molecule has 0 aromatic heterocycles. The third-order valence-electron chi connectivity index (χ3n) is 1.55. The fourth-order valence-corrected chi connectivity index (χ4v) is 0.859. The van der Waals surface area contributed by atoms with E-state index in [1.165, 1.54) is 0 Å². The number of alkyl halides is 3. The van der Waals surface area contributed by atoms with E-state index in [9.17, 15) is 18.0 Å². The smallest absolute Gasteiger partial charge is 0.425 e. The highest BCUT2D eigenvalue weighted by molar-refractivity contribution is 5.73. The molecule has 0 aromatic carbocycles. The van der Waals surface area contributed by atoms with Crippen molar-refractivity contribution in [1.29, 1.82) is 0 Å². The number of carbonyl (C=O) groups is 1. The molecule has 0 aromatic rings. The van der Waals surface area contributed by atoms with Gasteiger partial charge in [-0.15, -0.1) is 0 Å². The summed E-state index contributed by atoms with van der Waals surface area (Å²) >= 11 is 0. The number of aliphatic carboxylic acids is 1. The Balaban J connectivity index is 3.94. The molecule has 0 radical (unpaired) electrons. The van der Waals surface area contributed by atoms with E-state index in [-0.39, 0.29) is 6.61 Å². The molecule has 14 heavy (non-hydrogen) atoms. The minimum absolute atomic E-state index is 0.176. The minimum Gasteiger partial charge on any atom is -0.479 e. The molecule has 0 amide bonds. The molecule has 0 spiro atoms. The van der Waals surface area contributed by atoms with E-state index in [0.717, 1.165) is 12.8 Å². The Hall–Kier alpha value is -0.780. The number of hydrogen-bond acceptors (Lipinski definition) is 2. The first-order valence-electron chi connectivity index (χ1n) is 4.30. The third-order valence-corrected chi connectivity index (χ3v) is 1.55. The van der Waals surface area contributed by atoms with Crippen LogP contribution in [0.3, 0.4) is 0 Å². The Labute approximate surface area is 79.9 Å². The van der Waals surface area contributed by atoms with Crippen molar-refractivity contribution in [2.75, 3.05) is 6.61 Å². The molecule has 0 bridgehead atoms. The number of carboxylic acid groups (broad SMARTS) is 1. The lowest BCUT2D eigenvalue weighted by molar-refractivity contribution is -0.227. The summed E-state index contributed by atoms with van der Waals surface area (Å²) in [5, 5.41) is 8.22. The van der Waals surface area contributed by atoms with Crippen molar-refractivity contribution in [3.63, 3.8) is 0 Å². The number of halogens is 3. The second-order valence-corrected chi connectivity index (χ2v) is 2.84. The van der Waals surface area contributed by atoms with Gasteiger partial charge in [-0.25, -0.2) is 4.79 Å². The molecule has 0 aliphatic carbocycles. The predicted octanol–water partition coefficient (Wildman–Crippen LogP) is 2.21. The Morgan fingerprint density at radius 3 is 2.36 bits per heavy atom. The van der Waals surface area contributed by atoms with Gasteiger partial charge in [-0.1, -0.05) is 19.8 Å². The summed E-state index contributed by atoms with van der Waals surface area (Å²) in [6.45, 7) is 1.71. The van der Waals surface area contributed by atoms with E-state index in [1.807, 2.05) is 6.92 Å². The first-order valence-corrected chi connectivity index (χ1v) is 4.30. The van der Waals surface area contributed by atoms with Crippen LogP contribution in [-0.2, 0) is 9.53 Å². The Morgan fingerprint density at radius 1 is 1.43 bits per heavy atom. The van der Waals surface area contributed by atoms with Crippen molar-refractivity contribution in [2.24, 2.45) is 0 Å². The lowest BCUT2D eigenvalue weighted by Gasteiger charge is -2.16. The number of hydrogen-bond donors (Lipinski definition) is 1. The van der Waals surface area contributed by atoms with Gasteiger partial charge in [0.15, 0.2) is 0 Å². The molecule has 6 heteroatoms. The van der Waals surface area contributed by atoms with Crippen LogP contribution in [-0.4, -0.2) is 30.0 Å². The largest absolute Gasteiger partial charge is 0.479 e.